The third kappa shape index (κ3) is 4.99. The van der Waals surface area contributed by atoms with Gasteiger partial charge >= 0.3 is 0 Å². The predicted molar refractivity (Wildman–Crippen MR) is 121 cm³/mol. The van der Waals surface area contributed by atoms with Gasteiger partial charge in [-0.15, -0.1) is 0 Å². The topological polar surface area (TPSA) is 94.2 Å². The summed E-state index contributed by atoms with van der Waals surface area (Å²) in [6, 6.07) is 9.59. The summed E-state index contributed by atoms with van der Waals surface area (Å²) in [4.78, 5) is 12.9. The first kappa shape index (κ1) is 23.9. The Bertz CT molecular complexity index is 1060. The third-order valence-corrected chi connectivity index (χ3v) is 7.36. The number of benzene rings is 2. The van der Waals surface area contributed by atoms with Crippen molar-refractivity contribution in [1.29, 1.82) is 0 Å². The first-order valence-electron chi connectivity index (χ1n) is 10.6. The van der Waals surface area contributed by atoms with Crippen molar-refractivity contribution in [3.05, 3.63) is 47.5 Å². The molecule has 1 saturated heterocycles. The maximum absolute atomic E-state index is 13.1. The van der Waals surface area contributed by atoms with E-state index < -0.39 is 10.0 Å². The number of nitrogens with one attached hydrogen (secondary N) is 1. The zero-order valence-corrected chi connectivity index (χ0v) is 19.7. The molecule has 9 heteroatoms. The Labute approximate surface area is 189 Å². The lowest BCUT2D eigenvalue weighted by Crippen LogP contribution is -2.29. The Morgan fingerprint density at radius 1 is 1.03 bits per heavy atom. The van der Waals surface area contributed by atoms with Gasteiger partial charge in [0.05, 0.1) is 26.9 Å². The van der Waals surface area contributed by atoms with Gasteiger partial charge < -0.3 is 19.5 Å². The van der Waals surface area contributed by atoms with Gasteiger partial charge in [-0.1, -0.05) is 6.07 Å². The number of hydrogen-bond acceptors (Lipinski definition) is 6. The fourth-order valence-corrected chi connectivity index (χ4v) is 5.38. The van der Waals surface area contributed by atoms with E-state index in [-0.39, 0.29) is 28.2 Å². The smallest absolute Gasteiger partial charge is 0.251 e. The number of methoxy groups -OCH3 is 2. The Morgan fingerprint density at radius 3 is 2.31 bits per heavy atom. The molecule has 0 saturated carbocycles. The first-order valence-corrected chi connectivity index (χ1v) is 12.1. The zero-order valence-electron chi connectivity index (χ0n) is 18.9. The Kier molecular flexibility index (Phi) is 7.63. The predicted octanol–water partition coefficient (Wildman–Crippen LogP) is 3.38. The van der Waals surface area contributed by atoms with Crippen LogP contribution in [-0.2, 0) is 10.0 Å². The van der Waals surface area contributed by atoms with Crippen molar-refractivity contribution < 1.29 is 27.4 Å². The number of carbonyl (C=O) groups excluding carboxylic acids is 1. The van der Waals surface area contributed by atoms with Gasteiger partial charge in [0.15, 0.2) is 11.5 Å². The van der Waals surface area contributed by atoms with Crippen LogP contribution in [0.15, 0.2) is 41.3 Å². The van der Waals surface area contributed by atoms with Crippen LogP contribution < -0.4 is 19.5 Å². The van der Waals surface area contributed by atoms with Gasteiger partial charge in [0.2, 0.25) is 10.0 Å². The van der Waals surface area contributed by atoms with Crippen molar-refractivity contribution >= 4 is 15.9 Å². The van der Waals surface area contributed by atoms with Gasteiger partial charge in [-0.25, -0.2) is 8.42 Å². The molecule has 8 nitrogen and oxygen atoms in total. The summed E-state index contributed by atoms with van der Waals surface area (Å²) in [5, 5.41) is 2.92. The van der Waals surface area contributed by atoms with Crippen molar-refractivity contribution in [1.82, 2.24) is 9.62 Å². The normalized spacial score (nSPS) is 15.2. The van der Waals surface area contributed by atoms with Gasteiger partial charge in [0, 0.05) is 18.7 Å². The first-order chi connectivity index (χ1) is 15.3. The minimum absolute atomic E-state index is 0.00457. The van der Waals surface area contributed by atoms with E-state index in [9.17, 15) is 13.2 Å². The molecule has 0 radical (unpaired) electrons. The van der Waals surface area contributed by atoms with Gasteiger partial charge in [-0.05, 0) is 62.6 Å². The molecule has 0 aliphatic carbocycles. The minimum Gasteiger partial charge on any atom is -0.495 e. The van der Waals surface area contributed by atoms with E-state index in [4.69, 9.17) is 14.2 Å². The number of hydrogen-bond donors (Lipinski definition) is 1. The second-order valence-corrected chi connectivity index (χ2v) is 9.42. The summed E-state index contributed by atoms with van der Waals surface area (Å²) in [7, 11) is -0.763. The minimum atomic E-state index is -3.74. The van der Waals surface area contributed by atoms with E-state index >= 15 is 0 Å². The highest BCUT2D eigenvalue weighted by molar-refractivity contribution is 7.89. The van der Waals surface area contributed by atoms with Gasteiger partial charge in [0.1, 0.15) is 10.6 Å². The van der Waals surface area contributed by atoms with Crippen LogP contribution in [0.25, 0.3) is 0 Å². The molecule has 1 unspecified atom stereocenters. The highest BCUT2D eigenvalue weighted by atomic mass is 32.2. The molecule has 174 valence electrons. The van der Waals surface area contributed by atoms with E-state index in [0.717, 1.165) is 18.4 Å². The van der Waals surface area contributed by atoms with Gasteiger partial charge in [-0.2, -0.15) is 4.31 Å². The molecule has 1 atom stereocenters. The van der Waals surface area contributed by atoms with Crippen molar-refractivity contribution in [3.8, 4) is 17.2 Å². The SMILES string of the molecule is CCOc1ccc(C(C)NC(=O)c2ccc(OC)c(S(=O)(=O)N3CCCC3)c2)cc1OC. The molecule has 2 aromatic carbocycles. The molecule has 1 heterocycles. The number of ether oxygens (including phenoxy) is 3. The van der Waals surface area contributed by atoms with E-state index in [0.29, 0.717) is 31.2 Å². The number of sulfonamides is 1. The third-order valence-electron chi connectivity index (χ3n) is 5.44. The maximum atomic E-state index is 13.1. The second-order valence-electron chi connectivity index (χ2n) is 7.52. The fourth-order valence-electron chi connectivity index (χ4n) is 3.68. The van der Waals surface area contributed by atoms with Crippen LogP contribution in [0.2, 0.25) is 0 Å². The van der Waals surface area contributed by atoms with E-state index in [1.807, 2.05) is 26.0 Å². The Balaban J connectivity index is 1.83. The number of nitrogens with zero attached hydrogens (tertiary/aromatic N) is 1. The summed E-state index contributed by atoms with van der Waals surface area (Å²) in [6.45, 7) is 5.20. The van der Waals surface area contributed by atoms with Crippen LogP contribution >= 0.6 is 0 Å². The van der Waals surface area contributed by atoms with Gasteiger partial charge in [0.25, 0.3) is 5.91 Å². The van der Waals surface area contributed by atoms with Crippen LogP contribution in [-0.4, -0.2) is 52.5 Å². The summed E-state index contributed by atoms with van der Waals surface area (Å²) in [5.74, 6) is 1.04. The summed E-state index contributed by atoms with van der Waals surface area (Å²) < 4.78 is 43.8. The second kappa shape index (κ2) is 10.2. The van der Waals surface area contributed by atoms with Crippen LogP contribution in [0.4, 0.5) is 0 Å². The lowest BCUT2D eigenvalue weighted by Gasteiger charge is -2.19. The molecule has 0 spiro atoms. The summed E-state index contributed by atoms with van der Waals surface area (Å²) >= 11 is 0. The van der Waals surface area contributed by atoms with E-state index in [1.165, 1.54) is 23.5 Å². The lowest BCUT2D eigenvalue weighted by atomic mass is 10.1. The molecule has 1 fully saturated rings. The molecule has 1 amide bonds. The molecule has 1 aliphatic rings. The molecule has 32 heavy (non-hydrogen) atoms. The molecule has 1 aliphatic heterocycles. The Morgan fingerprint density at radius 2 is 1.69 bits per heavy atom. The molecular weight excluding hydrogens is 432 g/mol. The highest BCUT2D eigenvalue weighted by Crippen LogP contribution is 2.32. The molecule has 0 aromatic heterocycles. The maximum Gasteiger partial charge on any atom is 0.251 e. The summed E-state index contributed by atoms with van der Waals surface area (Å²) in [5.41, 5.74) is 1.07. The largest absolute Gasteiger partial charge is 0.495 e. The zero-order chi connectivity index (χ0) is 23.3. The van der Waals surface area contributed by atoms with Gasteiger partial charge in [-0.3, -0.25) is 4.79 Å². The summed E-state index contributed by atoms with van der Waals surface area (Å²) in [6.07, 6.45) is 1.65. The number of amides is 1. The standard InChI is InChI=1S/C23H30N2O6S/c1-5-31-19-10-8-17(14-21(19)30-4)16(2)24-23(26)18-9-11-20(29-3)22(15-18)32(27,28)25-12-6-7-13-25/h8-11,14-16H,5-7,12-13H2,1-4H3,(H,24,26). The van der Waals surface area contributed by atoms with Crippen molar-refractivity contribution in [2.75, 3.05) is 33.9 Å². The van der Waals surface area contributed by atoms with Crippen molar-refractivity contribution in [3.63, 3.8) is 0 Å². The fraction of sp³-hybridized carbons (Fsp3) is 0.435. The molecule has 0 bridgehead atoms. The van der Waals surface area contributed by atoms with Crippen molar-refractivity contribution in [2.45, 2.75) is 37.6 Å². The van der Waals surface area contributed by atoms with E-state index in [1.54, 1.807) is 19.2 Å². The molecule has 2 aromatic rings. The van der Waals surface area contributed by atoms with Crippen LogP contribution in [0.5, 0.6) is 17.2 Å². The highest BCUT2D eigenvalue weighted by Gasteiger charge is 2.30. The molecule has 3 rings (SSSR count). The number of rotatable bonds is 9. The van der Waals surface area contributed by atoms with Crippen LogP contribution in [0, 0.1) is 0 Å². The Hall–Kier alpha value is -2.78. The monoisotopic (exact) mass is 462 g/mol. The molecular formula is C23H30N2O6S. The van der Waals surface area contributed by atoms with Crippen molar-refractivity contribution in [2.24, 2.45) is 0 Å². The number of carbonyl (C=O) groups is 1. The van der Waals surface area contributed by atoms with Crippen LogP contribution in [0.3, 0.4) is 0 Å². The average molecular weight is 463 g/mol. The molecule has 1 N–H and O–H groups in total. The van der Waals surface area contributed by atoms with E-state index in [2.05, 4.69) is 5.32 Å². The van der Waals surface area contributed by atoms with Crippen LogP contribution in [0.1, 0.15) is 48.7 Å². The lowest BCUT2D eigenvalue weighted by molar-refractivity contribution is 0.0939. The quantitative estimate of drug-likeness (QED) is 0.614. The average Bonchev–Trinajstić information content (AvgIpc) is 3.35.